The summed E-state index contributed by atoms with van der Waals surface area (Å²) in [7, 11) is 1.37. The minimum absolute atomic E-state index is 0.103. The fourth-order valence-electron chi connectivity index (χ4n) is 4.41. The SMILES string of the molecule is CNC(=O)CC(N)C(=O)NC(C(=O)N[C@H]1C(=O)N2[C@@H](C(=O)O)C(C)(C)SC12NC=O)c1ccc(O)cc1. The lowest BCUT2D eigenvalue weighted by Crippen LogP contribution is -2.82. The summed E-state index contributed by atoms with van der Waals surface area (Å²) < 4.78 is -1.02. The molecular formula is C22H28N6O8S. The van der Waals surface area contributed by atoms with Crippen LogP contribution in [0.1, 0.15) is 31.9 Å². The van der Waals surface area contributed by atoms with Crippen molar-refractivity contribution in [1.82, 2.24) is 26.2 Å². The maximum absolute atomic E-state index is 13.4. The van der Waals surface area contributed by atoms with Crippen LogP contribution >= 0.6 is 11.8 Å². The number of carboxylic acid groups (broad SMARTS) is 1. The number of nitrogens with two attached hydrogens (primary N) is 1. The maximum Gasteiger partial charge on any atom is 0.327 e. The van der Waals surface area contributed by atoms with Crippen LogP contribution in [-0.4, -0.2) is 86.0 Å². The number of carboxylic acids is 1. The van der Waals surface area contributed by atoms with E-state index in [0.717, 1.165) is 16.7 Å². The number of hydrogen-bond donors (Lipinski definition) is 7. The number of phenolic OH excluding ortho intramolecular Hbond substituents is 1. The zero-order chi connectivity index (χ0) is 27.7. The molecule has 3 rings (SSSR count). The van der Waals surface area contributed by atoms with Gasteiger partial charge >= 0.3 is 5.97 Å². The Balaban J connectivity index is 1.89. The minimum atomic E-state index is -1.57. The summed E-state index contributed by atoms with van der Waals surface area (Å²) in [6, 6.07) is -0.0306. The number of nitrogens with one attached hydrogen (secondary N) is 4. The summed E-state index contributed by atoms with van der Waals surface area (Å²) in [5.41, 5.74) is 6.02. The van der Waals surface area contributed by atoms with Crippen LogP contribution in [0.3, 0.4) is 0 Å². The Morgan fingerprint density at radius 3 is 2.35 bits per heavy atom. The highest BCUT2D eigenvalue weighted by Crippen LogP contribution is 2.56. The number of benzene rings is 1. The van der Waals surface area contributed by atoms with Gasteiger partial charge in [0.15, 0.2) is 11.0 Å². The maximum atomic E-state index is 13.4. The van der Waals surface area contributed by atoms with Crippen LogP contribution in [0.25, 0.3) is 0 Å². The first-order valence-electron chi connectivity index (χ1n) is 11.1. The first kappa shape index (κ1) is 27.7. The largest absolute Gasteiger partial charge is 0.508 e. The number of carbonyl (C=O) groups excluding carboxylic acids is 5. The standard InChI is InChI=1S/C22H28N6O8S/c1-21(2)16(20(35)36)28-19(34)15(22(28,37-21)25-9-29)27-18(33)14(10-4-6-11(30)7-5-10)26-17(32)12(23)8-13(31)24-3/h4-7,9,12,14-16,30H,8,23H2,1-3H3,(H,24,31)(H,25,29)(H,26,32)(H,27,33)(H,35,36)/t12?,14?,15-,16-,22?/m0/s1. The Bertz CT molecular complexity index is 1130. The average Bonchev–Trinajstić information content (AvgIpc) is 3.05. The number of amides is 5. The van der Waals surface area contributed by atoms with E-state index in [-0.39, 0.29) is 17.7 Å². The summed E-state index contributed by atoms with van der Waals surface area (Å²) in [4.78, 5) is 73.5. The van der Waals surface area contributed by atoms with Crippen molar-refractivity contribution in [3.8, 4) is 5.75 Å². The van der Waals surface area contributed by atoms with Gasteiger partial charge in [-0.1, -0.05) is 12.1 Å². The second-order valence-electron chi connectivity index (χ2n) is 9.07. The lowest BCUT2D eigenvalue weighted by Gasteiger charge is -2.52. The molecule has 8 N–H and O–H groups in total. The van der Waals surface area contributed by atoms with Crippen molar-refractivity contribution in [2.24, 2.45) is 5.73 Å². The topological polar surface area (TPSA) is 220 Å². The van der Waals surface area contributed by atoms with Crippen molar-refractivity contribution in [2.75, 3.05) is 7.05 Å². The highest BCUT2D eigenvalue weighted by Gasteiger charge is 2.74. The lowest BCUT2D eigenvalue weighted by molar-refractivity contribution is -0.171. The number of aliphatic carboxylic acids is 1. The number of hydrogen-bond acceptors (Lipinski definition) is 9. The highest BCUT2D eigenvalue weighted by atomic mass is 32.2. The molecular weight excluding hydrogens is 508 g/mol. The van der Waals surface area contributed by atoms with Crippen molar-refractivity contribution in [3.63, 3.8) is 0 Å². The molecule has 0 bridgehead atoms. The van der Waals surface area contributed by atoms with E-state index >= 15 is 0 Å². The molecule has 37 heavy (non-hydrogen) atoms. The summed E-state index contributed by atoms with van der Waals surface area (Å²) >= 11 is 1.000. The molecule has 15 heteroatoms. The number of fused-ring (bicyclic) bond motifs is 1. The molecule has 2 fully saturated rings. The van der Waals surface area contributed by atoms with Gasteiger partial charge in [0, 0.05) is 11.8 Å². The monoisotopic (exact) mass is 536 g/mol. The van der Waals surface area contributed by atoms with E-state index in [4.69, 9.17) is 5.73 Å². The third-order valence-electron chi connectivity index (χ3n) is 6.15. The molecule has 5 amide bonds. The number of rotatable bonds is 10. The molecule has 200 valence electrons. The Labute approximate surface area is 215 Å². The molecule has 2 heterocycles. The van der Waals surface area contributed by atoms with Crippen molar-refractivity contribution >= 4 is 47.8 Å². The van der Waals surface area contributed by atoms with Gasteiger partial charge in [0.1, 0.15) is 17.8 Å². The average molecular weight is 537 g/mol. The number of carbonyl (C=O) groups is 6. The molecule has 1 aromatic carbocycles. The Morgan fingerprint density at radius 2 is 1.81 bits per heavy atom. The van der Waals surface area contributed by atoms with Crippen LogP contribution < -0.4 is 27.0 Å². The molecule has 0 radical (unpaired) electrons. The van der Waals surface area contributed by atoms with Crippen LogP contribution in [0, 0.1) is 0 Å². The first-order chi connectivity index (χ1) is 17.3. The van der Waals surface area contributed by atoms with Gasteiger partial charge in [-0.05, 0) is 31.5 Å². The normalized spacial score (nSPS) is 25.1. The van der Waals surface area contributed by atoms with Crippen molar-refractivity contribution in [2.45, 2.75) is 54.2 Å². The van der Waals surface area contributed by atoms with Crippen molar-refractivity contribution in [1.29, 1.82) is 0 Å². The quantitative estimate of drug-likeness (QED) is 0.125. The number of β-lactam (4-membered cyclic amide) rings is 1. The molecule has 0 aromatic heterocycles. The first-order valence-corrected chi connectivity index (χ1v) is 11.9. The van der Waals surface area contributed by atoms with Gasteiger partial charge in [-0.3, -0.25) is 28.9 Å². The Morgan fingerprint density at radius 1 is 1.19 bits per heavy atom. The predicted molar refractivity (Wildman–Crippen MR) is 129 cm³/mol. The summed E-state index contributed by atoms with van der Waals surface area (Å²) in [5.74, 6) is -4.31. The number of aromatic hydroxyl groups is 1. The third-order valence-corrected chi connectivity index (χ3v) is 7.76. The second-order valence-corrected chi connectivity index (χ2v) is 11.0. The van der Waals surface area contributed by atoms with Gasteiger partial charge in [-0.2, -0.15) is 0 Å². The molecule has 14 nitrogen and oxygen atoms in total. The second kappa shape index (κ2) is 10.3. The van der Waals surface area contributed by atoms with Crippen molar-refractivity contribution < 1.29 is 39.0 Å². The fraction of sp³-hybridized carbons (Fsp3) is 0.455. The fourth-order valence-corrected chi connectivity index (χ4v) is 6.21. The molecule has 2 aliphatic rings. The summed E-state index contributed by atoms with van der Waals surface area (Å²) in [6.45, 7) is 3.20. The van der Waals surface area contributed by atoms with Gasteiger partial charge in [0.25, 0.3) is 5.91 Å². The number of phenols is 1. The summed E-state index contributed by atoms with van der Waals surface area (Å²) in [5, 5.41) is 29.1. The Kier molecular flexibility index (Phi) is 7.69. The van der Waals surface area contributed by atoms with E-state index in [1.54, 1.807) is 13.8 Å². The number of nitrogens with zero attached hydrogens (tertiary/aromatic N) is 1. The molecule has 2 saturated heterocycles. The van der Waals surface area contributed by atoms with Crippen LogP contribution in [-0.2, 0) is 28.8 Å². The van der Waals surface area contributed by atoms with E-state index in [9.17, 15) is 39.0 Å². The van der Waals surface area contributed by atoms with Crippen LogP contribution in [0.2, 0.25) is 0 Å². The van der Waals surface area contributed by atoms with Gasteiger partial charge in [0.05, 0.1) is 12.5 Å². The molecule has 0 aliphatic carbocycles. The molecule has 5 atom stereocenters. The van der Waals surface area contributed by atoms with Crippen LogP contribution in [0.5, 0.6) is 5.75 Å². The smallest absolute Gasteiger partial charge is 0.327 e. The highest BCUT2D eigenvalue weighted by molar-refractivity contribution is 8.02. The zero-order valence-corrected chi connectivity index (χ0v) is 21.0. The van der Waals surface area contributed by atoms with Gasteiger partial charge in [0.2, 0.25) is 24.1 Å². The van der Waals surface area contributed by atoms with E-state index in [1.165, 1.54) is 31.3 Å². The zero-order valence-electron chi connectivity index (χ0n) is 20.2. The van der Waals surface area contributed by atoms with Crippen LogP contribution in [0.15, 0.2) is 24.3 Å². The summed E-state index contributed by atoms with van der Waals surface area (Å²) in [6.07, 6.45) is -0.0417. The van der Waals surface area contributed by atoms with Gasteiger partial charge < -0.3 is 37.2 Å². The van der Waals surface area contributed by atoms with E-state index in [2.05, 4.69) is 21.3 Å². The van der Waals surface area contributed by atoms with Crippen molar-refractivity contribution in [3.05, 3.63) is 29.8 Å². The van der Waals surface area contributed by atoms with Gasteiger partial charge in [-0.25, -0.2) is 4.79 Å². The van der Waals surface area contributed by atoms with E-state index < -0.39 is 63.5 Å². The van der Waals surface area contributed by atoms with Gasteiger partial charge in [-0.15, -0.1) is 11.8 Å². The number of thioether (sulfide) groups is 1. The predicted octanol–water partition coefficient (Wildman–Crippen LogP) is -2.28. The van der Waals surface area contributed by atoms with E-state index in [1.807, 2.05) is 0 Å². The molecule has 1 aromatic rings. The molecule has 3 unspecified atom stereocenters. The third kappa shape index (κ3) is 5.04. The molecule has 0 spiro atoms. The Hall–Kier alpha value is -3.85. The van der Waals surface area contributed by atoms with Crippen LogP contribution in [0.4, 0.5) is 0 Å². The molecule has 2 aliphatic heterocycles. The lowest BCUT2D eigenvalue weighted by atomic mass is 9.92. The molecule has 0 saturated carbocycles. The minimum Gasteiger partial charge on any atom is -0.508 e. The van der Waals surface area contributed by atoms with E-state index in [0.29, 0.717) is 6.41 Å².